The Kier molecular flexibility index (Phi) is 5.61. The van der Waals surface area contributed by atoms with E-state index in [9.17, 15) is 4.39 Å². The zero-order valence-electron chi connectivity index (χ0n) is 11.5. The Bertz CT molecular complexity index is 405. The van der Waals surface area contributed by atoms with Crippen LogP contribution in [0.2, 0.25) is 5.02 Å². The predicted molar refractivity (Wildman–Crippen MR) is 78.0 cm³/mol. The molecule has 106 valence electrons. The van der Waals surface area contributed by atoms with Crippen molar-refractivity contribution in [2.24, 2.45) is 0 Å². The second-order valence-corrected chi connectivity index (χ2v) is 5.57. The third-order valence-corrected chi connectivity index (χ3v) is 4.03. The van der Waals surface area contributed by atoms with E-state index in [2.05, 4.69) is 17.1 Å². The van der Waals surface area contributed by atoms with Crippen LogP contribution in [0.1, 0.15) is 31.7 Å². The van der Waals surface area contributed by atoms with E-state index in [4.69, 9.17) is 11.6 Å². The van der Waals surface area contributed by atoms with Crippen molar-refractivity contribution in [2.75, 3.05) is 19.6 Å². The molecule has 0 aliphatic carbocycles. The molecule has 0 spiro atoms. The van der Waals surface area contributed by atoms with Gasteiger partial charge in [-0.1, -0.05) is 30.7 Å². The third-order valence-electron chi connectivity index (χ3n) is 3.74. The van der Waals surface area contributed by atoms with E-state index >= 15 is 0 Å². The Balaban J connectivity index is 2.08. The maximum Gasteiger partial charge on any atom is 0.146 e. The van der Waals surface area contributed by atoms with Gasteiger partial charge in [0, 0.05) is 18.2 Å². The summed E-state index contributed by atoms with van der Waals surface area (Å²) in [5.74, 6) is -0.265. The second-order valence-electron chi connectivity index (χ2n) is 5.16. The van der Waals surface area contributed by atoms with Crippen molar-refractivity contribution < 1.29 is 4.39 Å². The molecule has 1 N–H and O–H groups in total. The van der Waals surface area contributed by atoms with Crippen molar-refractivity contribution in [2.45, 2.75) is 38.8 Å². The van der Waals surface area contributed by atoms with Gasteiger partial charge >= 0.3 is 0 Å². The molecule has 1 aliphatic rings. The molecule has 1 aliphatic heterocycles. The van der Waals surface area contributed by atoms with Crippen LogP contribution in [0.25, 0.3) is 0 Å². The SMILES string of the molecule is CCCN(Cc1cccc(Cl)c1F)C1CCNCC1. The summed E-state index contributed by atoms with van der Waals surface area (Å²) in [7, 11) is 0. The van der Waals surface area contributed by atoms with E-state index in [1.165, 1.54) is 0 Å². The molecule has 2 nitrogen and oxygen atoms in total. The average molecular weight is 285 g/mol. The molecule has 1 aromatic carbocycles. The van der Waals surface area contributed by atoms with Gasteiger partial charge in [0.15, 0.2) is 0 Å². The fourth-order valence-electron chi connectivity index (χ4n) is 2.74. The van der Waals surface area contributed by atoms with Crippen LogP contribution < -0.4 is 5.32 Å². The van der Waals surface area contributed by atoms with Gasteiger partial charge in [-0.3, -0.25) is 4.90 Å². The summed E-state index contributed by atoms with van der Waals surface area (Å²) in [5.41, 5.74) is 0.708. The van der Waals surface area contributed by atoms with Crippen LogP contribution >= 0.6 is 11.6 Å². The van der Waals surface area contributed by atoms with E-state index in [0.29, 0.717) is 18.2 Å². The molecule has 19 heavy (non-hydrogen) atoms. The van der Waals surface area contributed by atoms with Crippen LogP contribution in [0.15, 0.2) is 18.2 Å². The van der Waals surface area contributed by atoms with Gasteiger partial charge in [-0.15, -0.1) is 0 Å². The van der Waals surface area contributed by atoms with Crippen molar-refractivity contribution in [3.63, 3.8) is 0 Å². The molecule has 4 heteroatoms. The van der Waals surface area contributed by atoms with Crippen molar-refractivity contribution >= 4 is 11.6 Å². The summed E-state index contributed by atoms with van der Waals surface area (Å²) in [6, 6.07) is 5.83. The highest BCUT2D eigenvalue weighted by Gasteiger charge is 2.21. The van der Waals surface area contributed by atoms with Crippen LogP contribution in [0.3, 0.4) is 0 Å². The molecule has 1 heterocycles. The monoisotopic (exact) mass is 284 g/mol. The minimum atomic E-state index is -0.265. The molecule has 1 aromatic rings. The lowest BCUT2D eigenvalue weighted by atomic mass is 10.0. The lowest BCUT2D eigenvalue weighted by molar-refractivity contribution is 0.152. The Hall–Kier alpha value is -0.640. The van der Waals surface area contributed by atoms with E-state index in [-0.39, 0.29) is 10.8 Å². The largest absolute Gasteiger partial charge is 0.317 e. The molecule has 1 saturated heterocycles. The summed E-state index contributed by atoms with van der Waals surface area (Å²) < 4.78 is 14.0. The van der Waals surface area contributed by atoms with Gasteiger partial charge < -0.3 is 5.32 Å². The molecular formula is C15H22ClFN2. The van der Waals surface area contributed by atoms with Crippen molar-refractivity contribution in [1.29, 1.82) is 0 Å². The number of nitrogens with one attached hydrogen (secondary N) is 1. The first-order valence-corrected chi connectivity index (χ1v) is 7.47. The summed E-state index contributed by atoms with van der Waals surface area (Å²) in [6.07, 6.45) is 3.37. The zero-order chi connectivity index (χ0) is 13.7. The van der Waals surface area contributed by atoms with Crippen LogP contribution in [-0.4, -0.2) is 30.6 Å². The van der Waals surface area contributed by atoms with Gasteiger partial charge in [0.05, 0.1) is 5.02 Å². The van der Waals surface area contributed by atoms with Gasteiger partial charge in [-0.2, -0.15) is 0 Å². The van der Waals surface area contributed by atoms with Gasteiger partial charge in [-0.05, 0) is 45.0 Å². The Labute approximate surface area is 119 Å². The molecule has 0 radical (unpaired) electrons. The molecule has 0 amide bonds. The quantitative estimate of drug-likeness (QED) is 0.891. The smallest absolute Gasteiger partial charge is 0.146 e. The van der Waals surface area contributed by atoms with Crippen LogP contribution in [0.5, 0.6) is 0 Å². The van der Waals surface area contributed by atoms with Crippen LogP contribution in [-0.2, 0) is 6.54 Å². The fraction of sp³-hybridized carbons (Fsp3) is 0.600. The fourth-order valence-corrected chi connectivity index (χ4v) is 2.93. The van der Waals surface area contributed by atoms with E-state index < -0.39 is 0 Å². The summed E-state index contributed by atoms with van der Waals surface area (Å²) in [5, 5.41) is 3.60. The van der Waals surface area contributed by atoms with E-state index in [1.807, 2.05) is 12.1 Å². The molecule has 0 atom stereocenters. The normalized spacial score (nSPS) is 17.1. The molecule has 0 aromatic heterocycles. The zero-order valence-corrected chi connectivity index (χ0v) is 12.2. The minimum Gasteiger partial charge on any atom is -0.317 e. The molecule has 0 saturated carbocycles. The highest BCUT2D eigenvalue weighted by Crippen LogP contribution is 2.22. The highest BCUT2D eigenvalue weighted by atomic mass is 35.5. The predicted octanol–water partition coefficient (Wildman–Crippen LogP) is 3.44. The maximum absolute atomic E-state index is 14.0. The van der Waals surface area contributed by atoms with Crippen molar-refractivity contribution in [3.05, 3.63) is 34.6 Å². The highest BCUT2D eigenvalue weighted by molar-refractivity contribution is 6.30. The molecule has 1 fully saturated rings. The number of hydrogen-bond acceptors (Lipinski definition) is 2. The van der Waals surface area contributed by atoms with Crippen molar-refractivity contribution in [1.82, 2.24) is 10.2 Å². The topological polar surface area (TPSA) is 15.3 Å². The first kappa shape index (κ1) is 14.8. The Morgan fingerprint density at radius 3 is 2.79 bits per heavy atom. The number of hydrogen-bond donors (Lipinski definition) is 1. The number of nitrogens with zero attached hydrogens (tertiary/aromatic N) is 1. The van der Waals surface area contributed by atoms with Crippen LogP contribution in [0, 0.1) is 5.82 Å². The number of benzene rings is 1. The summed E-state index contributed by atoms with van der Waals surface area (Å²) in [6.45, 7) is 5.95. The Morgan fingerprint density at radius 2 is 2.11 bits per heavy atom. The lowest BCUT2D eigenvalue weighted by Gasteiger charge is -2.34. The molecular weight excluding hydrogens is 263 g/mol. The van der Waals surface area contributed by atoms with E-state index in [1.54, 1.807) is 6.07 Å². The lowest BCUT2D eigenvalue weighted by Crippen LogP contribution is -2.43. The number of rotatable bonds is 5. The first-order chi connectivity index (χ1) is 9.22. The summed E-state index contributed by atoms with van der Waals surface area (Å²) in [4.78, 5) is 2.40. The van der Waals surface area contributed by atoms with Gasteiger partial charge in [0.25, 0.3) is 0 Å². The second kappa shape index (κ2) is 7.22. The molecule has 0 unspecified atom stereocenters. The first-order valence-electron chi connectivity index (χ1n) is 7.10. The standard InChI is InChI=1S/C15H22ClFN2/c1-2-10-19(13-6-8-18-9-7-13)11-12-4-3-5-14(16)15(12)17/h3-5,13,18H,2,6-11H2,1H3. The van der Waals surface area contributed by atoms with Crippen LogP contribution in [0.4, 0.5) is 4.39 Å². The Morgan fingerprint density at radius 1 is 1.37 bits per heavy atom. The third kappa shape index (κ3) is 3.91. The van der Waals surface area contributed by atoms with Crippen molar-refractivity contribution in [3.8, 4) is 0 Å². The van der Waals surface area contributed by atoms with E-state index in [0.717, 1.165) is 38.9 Å². The molecule has 2 rings (SSSR count). The van der Waals surface area contributed by atoms with Gasteiger partial charge in [0.1, 0.15) is 5.82 Å². The molecule has 0 bridgehead atoms. The number of piperidine rings is 1. The number of halogens is 2. The maximum atomic E-state index is 14.0. The van der Waals surface area contributed by atoms with Gasteiger partial charge in [0.2, 0.25) is 0 Å². The minimum absolute atomic E-state index is 0.222. The summed E-state index contributed by atoms with van der Waals surface area (Å²) >= 11 is 5.86. The van der Waals surface area contributed by atoms with Gasteiger partial charge in [-0.25, -0.2) is 4.39 Å². The average Bonchev–Trinajstić information content (AvgIpc) is 2.44.